The van der Waals surface area contributed by atoms with E-state index < -0.39 is 0 Å². The highest BCUT2D eigenvalue weighted by molar-refractivity contribution is 9.10. The fourth-order valence-corrected chi connectivity index (χ4v) is 2.25. The maximum Gasteiger partial charge on any atom is 0.140 e. The third-order valence-corrected chi connectivity index (χ3v) is 3.42. The molecule has 0 bridgehead atoms. The van der Waals surface area contributed by atoms with Crippen LogP contribution in [0.4, 0.5) is 0 Å². The van der Waals surface area contributed by atoms with Crippen LogP contribution in [0.25, 0.3) is 11.4 Å². The number of halogens is 1. The summed E-state index contributed by atoms with van der Waals surface area (Å²) in [7, 11) is 0. The van der Waals surface area contributed by atoms with Gasteiger partial charge in [0.15, 0.2) is 0 Å². The summed E-state index contributed by atoms with van der Waals surface area (Å²) in [6.45, 7) is 0.777. The minimum Gasteiger partial charge on any atom is -0.327 e. The second-order valence-electron chi connectivity index (χ2n) is 4.25. The fourth-order valence-electron chi connectivity index (χ4n) is 1.98. The lowest BCUT2D eigenvalue weighted by Gasteiger charge is -2.07. The number of hydrogen-bond acceptors (Lipinski definition) is 2. The SMILES string of the molecule is Brc1ccc(-c2nccn2Cc2cccnc2)cc1. The van der Waals surface area contributed by atoms with Crippen molar-refractivity contribution in [2.75, 3.05) is 0 Å². The van der Waals surface area contributed by atoms with Gasteiger partial charge in [0.1, 0.15) is 5.82 Å². The van der Waals surface area contributed by atoms with Crippen LogP contribution in [0.2, 0.25) is 0 Å². The Hall–Kier alpha value is -1.94. The fraction of sp³-hybridized carbons (Fsp3) is 0.0667. The lowest BCUT2D eigenvalue weighted by Crippen LogP contribution is -2.01. The number of rotatable bonds is 3. The molecule has 0 N–H and O–H groups in total. The Kier molecular flexibility index (Phi) is 3.42. The lowest BCUT2D eigenvalue weighted by molar-refractivity contribution is 0.803. The van der Waals surface area contributed by atoms with Crippen molar-refractivity contribution in [1.29, 1.82) is 0 Å². The molecule has 0 atom stereocenters. The Balaban J connectivity index is 1.92. The van der Waals surface area contributed by atoms with Crippen LogP contribution in [0.1, 0.15) is 5.56 Å². The van der Waals surface area contributed by atoms with Crippen LogP contribution >= 0.6 is 15.9 Å². The van der Waals surface area contributed by atoms with Crippen LogP contribution in [0.15, 0.2) is 65.7 Å². The minimum atomic E-state index is 0.777. The van der Waals surface area contributed by atoms with Crippen molar-refractivity contribution >= 4 is 15.9 Å². The van der Waals surface area contributed by atoms with Gasteiger partial charge in [0, 0.05) is 34.8 Å². The minimum absolute atomic E-state index is 0.777. The smallest absolute Gasteiger partial charge is 0.140 e. The van der Waals surface area contributed by atoms with Gasteiger partial charge in [0.2, 0.25) is 0 Å². The second kappa shape index (κ2) is 5.36. The first kappa shape index (κ1) is 12.1. The molecule has 1 aromatic carbocycles. The Morgan fingerprint density at radius 3 is 2.63 bits per heavy atom. The predicted octanol–water partition coefficient (Wildman–Crippen LogP) is 3.76. The Bertz CT molecular complexity index is 659. The molecule has 0 aliphatic carbocycles. The molecule has 0 aliphatic rings. The van der Waals surface area contributed by atoms with E-state index in [0.29, 0.717) is 0 Å². The summed E-state index contributed by atoms with van der Waals surface area (Å²) in [5.74, 6) is 0.969. The first-order valence-electron chi connectivity index (χ1n) is 5.99. The zero-order chi connectivity index (χ0) is 13.1. The summed E-state index contributed by atoms with van der Waals surface area (Å²) in [5.41, 5.74) is 2.27. The summed E-state index contributed by atoms with van der Waals surface area (Å²) in [4.78, 5) is 8.58. The number of pyridine rings is 1. The van der Waals surface area contributed by atoms with Crippen molar-refractivity contribution in [3.63, 3.8) is 0 Å². The molecule has 0 saturated carbocycles. The summed E-state index contributed by atoms with van der Waals surface area (Å²) in [6, 6.07) is 12.2. The molecule has 2 aromatic heterocycles. The first-order chi connectivity index (χ1) is 9.33. The van der Waals surface area contributed by atoms with Crippen LogP contribution in [0, 0.1) is 0 Å². The molecule has 0 radical (unpaired) electrons. The molecule has 94 valence electrons. The van der Waals surface area contributed by atoms with Gasteiger partial charge in [0.05, 0.1) is 6.54 Å². The Morgan fingerprint density at radius 1 is 1.05 bits per heavy atom. The normalized spacial score (nSPS) is 10.6. The van der Waals surface area contributed by atoms with Crippen molar-refractivity contribution in [2.24, 2.45) is 0 Å². The number of benzene rings is 1. The van der Waals surface area contributed by atoms with Gasteiger partial charge in [-0.3, -0.25) is 4.98 Å². The van der Waals surface area contributed by atoms with Crippen LogP contribution < -0.4 is 0 Å². The zero-order valence-corrected chi connectivity index (χ0v) is 11.8. The molecule has 3 nitrogen and oxygen atoms in total. The molecule has 3 rings (SSSR count). The topological polar surface area (TPSA) is 30.7 Å². The molecule has 0 amide bonds. The molecular weight excluding hydrogens is 302 g/mol. The Morgan fingerprint density at radius 2 is 1.89 bits per heavy atom. The van der Waals surface area contributed by atoms with Crippen molar-refractivity contribution in [3.8, 4) is 11.4 Å². The highest BCUT2D eigenvalue weighted by Crippen LogP contribution is 2.21. The molecule has 0 unspecified atom stereocenters. The highest BCUT2D eigenvalue weighted by atomic mass is 79.9. The van der Waals surface area contributed by atoms with E-state index in [1.54, 1.807) is 6.20 Å². The third-order valence-electron chi connectivity index (χ3n) is 2.89. The standard InChI is InChI=1S/C15H12BrN3/c16-14-5-3-13(4-6-14)15-18-8-9-19(15)11-12-2-1-7-17-10-12/h1-10H,11H2. The number of imidazole rings is 1. The quantitative estimate of drug-likeness (QED) is 0.737. The Labute approximate surface area is 120 Å². The van der Waals surface area contributed by atoms with E-state index >= 15 is 0 Å². The van der Waals surface area contributed by atoms with Gasteiger partial charge < -0.3 is 4.57 Å². The van der Waals surface area contributed by atoms with Crippen LogP contribution in [-0.4, -0.2) is 14.5 Å². The average molecular weight is 314 g/mol. The number of nitrogens with zero attached hydrogens (tertiary/aromatic N) is 3. The van der Waals surface area contributed by atoms with Gasteiger partial charge in [-0.1, -0.05) is 34.1 Å². The van der Waals surface area contributed by atoms with Crippen LogP contribution in [-0.2, 0) is 6.54 Å². The molecule has 0 spiro atoms. The number of hydrogen-bond donors (Lipinski definition) is 0. The van der Waals surface area contributed by atoms with Gasteiger partial charge in [-0.25, -0.2) is 4.98 Å². The summed E-state index contributed by atoms with van der Waals surface area (Å²) < 4.78 is 3.20. The van der Waals surface area contributed by atoms with Gasteiger partial charge in [-0.15, -0.1) is 0 Å². The van der Waals surface area contributed by atoms with Gasteiger partial charge in [0.25, 0.3) is 0 Å². The number of aromatic nitrogens is 3. The third kappa shape index (κ3) is 2.74. The average Bonchev–Trinajstić information content (AvgIpc) is 2.89. The van der Waals surface area contributed by atoms with E-state index in [9.17, 15) is 0 Å². The molecular formula is C15H12BrN3. The van der Waals surface area contributed by atoms with Gasteiger partial charge in [-0.2, -0.15) is 0 Å². The molecule has 0 aliphatic heterocycles. The van der Waals surface area contributed by atoms with Crippen LogP contribution in [0.3, 0.4) is 0 Å². The highest BCUT2D eigenvalue weighted by Gasteiger charge is 2.06. The van der Waals surface area contributed by atoms with Gasteiger partial charge >= 0.3 is 0 Å². The van der Waals surface area contributed by atoms with E-state index in [2.05, 4.69) is 48.7 Å². The molecule has 0 fully saturated rings. The summed E-state index contributed by atoms with van der Waals surface area (Å²) >= 11 is 3.45. The largest absolute Gasteiger partial charge is 0.327 e. The maximum absolute atomic E-state index is 4.44. The van der Waals surface area contributed by atoms with E-state index in [1.165, 1.54) is 5.56 Å². The van der Waals surface area contributed by atoms with E-state index in [0.717, 1.165) is 22.4 Å². The van der Waals surface area contributed by atoms with Crippen LogP contribution in [0.5, 0.6) is 0 Å². The van der Waals surface area contributed by atoms with Gasteiger partial charge in [-0.05, 0) is 23.8 Å². The molecule has 0 saturated heterocycles. The summed E-state index contributed by atoms with van der Waals surface area (Å²) in [6.07, 6.45) is 7.48. The van der Waals surface area contributed by atoms with E-state index in [4.69, 9.17) is 0 Å². The van der Waals surface area contributed by atoms with Crippen molar-refractivity contribution < 1.29 is 0 Å². The zero-order valence-electron chi connectivity index (χ0n) is 10.2. The lowest BCUT2D eigenvalue weighted by atomic mass is 10.2. The molecule has 4 heteroatoms. The van der Waals surface area contributed by atoms with Crippen molar-refractivity contribution in [3.05, 3.63) is 71.2 Å². The molecule has 3 aromatic rings. The predicted molar refractivity (Wildman–Crippen MR) is 78.7 cm³/mol. The van der Waals surface area contributed by atoms with Crippen molar-refractivity contribution in [2.45, 2.75) is 6.54 Å². The summed E-state index contributed by atoms with van der Waals surface area (Å²) in [5, 5.41) is 0. The monoisotopic (exact) mass is 313 g/mol. The first-order valence-corrected chi connectivity index (χ1v) is 6.78. The second-order valence-corrected chi connectivity index (χ2v) is 5.16. The maximum atomic E-state index is 4.44. The molecule has 2 heterocycles. The van der Waals surface area contributed by atoms with E-state index in [1.807, 2.05) is 36.8 Å². The molecule has 19 heavy (non-hydrogen) atoms. The van der Waals surface area contributed by atoms with Crippen molar-refractivity contribution in [1.82, 2.24) is 14.5 Å². The van der Waals surface area contributed by atoms with E-state index in [-0.39, 0.29) is 0 Å².